The second-order valence-corrected chi connectivity index (χ2v) is 7.95. The molecule has 0 spiro atoms. The van der Waals surface area contributed by atoms with E-state index in [1.165, 1.54) is 40.6 Å². The molecule has 13 heteroatoms. The molecular formula is C24H22N4O8S. The van der Waals surface area contributed by atoms with Crippen LogP contribution < -0.4 is 30.2 Å². The van der Waals surface area contributed by atoms with Gasteiger partial charge in [0, 0.05) is 24.3 Å². The SMILES string of the molecule is CC.COc1cc2nc(-c3nnc(-c4nc5cc(OC)c(OC)cc5c(=O)o4)s3)oc(=O)c2cc1OC. The lowest BCUT2D eigenvalue weighted by molar-refractivity contribution is 0.355. The predicted octanol–water partition coefficient (Wildman–Crippen LogP) is 3.94. The normalized spacial score (nSPS) is 10.6. The highest BCUT2D eigenvalue weighted by molar-refractivity contribution is 7.17. The van der Waals surface area contributed by atoms with Gasteiger partial charge in [0.1, 0.15) is 0 Å². The molecule has 0 atom stereocenters. The lowest BCUT2D eigenvalue weighted by Crippen LogP contribution is -2.04. The first-order valence-corrected chi connectivity index (χ1v) is 11.8. The van der Waals surface area contributed by atoms with Crippen molar-refractivity contribution < 1.29 is 27.8 Å². The molecule has 0 unspecified atom stereocenters. The van der Waals surface area contributed by atoms with Gasteiger partial charge < -0.3 is 27.8 Å². The average molecular weight is 527 g/mol. The van der Waals surface area contributed by atoms with Gasteiger partial charge in [-0.05, 0) is 0 Å². The Morgan fingerprint density at radius 3 is 1.32 bits per heavy atom. The molecule has 0 aliphatic rings. The first-order chi connectivity index (χ1) is 17.9. The number of hydrogen-bond donors (Lipinski definition) is 0. The summed E-state index contributed by atoms with van der Waals surface area (Å²) < 4.78 is 31.7. The van der Waals surface area contributed by atoms with Crippen LogP contribution in [0.2, 0.25) is 0 Å². The van der Waals surface area contributed by atoms with Gasteiger partial charge in [-0.15, -0.1) is 10.2 Å². The van der Waals surface area contributed by atoms with Crippen molar-refractivity contribution >= 4 is 33.1 Å². The molecule has 0 fully saturated rings. The number of methoxy groups -OCH3 is 4. The second-order valence-electron chi connectivity index (χ2n) is 6.97. The highest BCUT2D eigenvalue weighted by Gasteiger charge is 2.20. The van der Waals surface area contributed by atoms with Crippen LogP contribution in [0, 0.1) is 0 Å². The minimum Gasteiger partial charge on any atom is -0.493 e. The molecule has 0 aliphatic carbocycles. The molecule has 5 rings (SSSR count). The van der Waals surface area contributed by atoms with Crippen LogP contribution in [0.5, 0.6) is 23.0 Å². The van der Waals surface area contributed by atoms with Crippen molar-refractivity contribution in [3.63, 3.8) is 0 Å². The van der Waals surface area contributed by atoms with Crippen molar-refractivity contribution in [1.82, 2.24) is 20.2 Å². The maximum absolute atomic E-state index is 12.6. The lowest BCUT2D eigenvalue weighted by Gasteiger charge is -2.08. The Kier molecular flexibility index (Phi) is 7.34. The third-order valence-electron chi connectivity index (χ3n) is 5.06. The fourth-order valence-electron chi connectivity index (χ4n) is 3.38. The quantitative estimate of drug-likeness (QED) is 0.315. The summed E-state index contributed by atoms with van der Waals surface area (Å²) in [7, 11) is 5.87. The lowest BCUT2D eigenvalue weighted by atomic mass is 10.2. The maximum Gasteiger partial charge on any atom is 0.347 e. The van der Waals surface area contributed by atoms with Gasteiger partial charge in [0.2, 0.25) is 10.0 Å². The molecule has 3 aromatic heterocycles. The van der Waals surface area contributed by atoms with Crippen LogP contribution in [0.15, 0.2) is 42.7 Å². The summed E-state index contributed by atoms with van der Waals surface area (Å²) in [6, 6.07) is 6.09. The van der Waals surface area contributed by atoms with E-state index < -0.39 is 11.3 Å². The van der Waals surface area contributed by atoms with E-state index in [9.17, 15) is 9.59 Å². The minimum absolute atomic E-state index is 0.0620. The summed E-state index contributed by atoms with van der Waals surface area (Å²) in [4.78, 5) is 33.9. The van der Waals surface area contributed by atoms with Gasteiger partial charge in [0.25, 0.3) is 11.8 Å². The third kappa shape index (κ3) is 4.68. The number of ether oxygens (including phenoxy) is 4. The van der Waals surface area contributed by atoms with E-state index in [0.717, 1.165) is 11.3 Å². The number of rotatable bonds is 6. The second kappa shape index (κ2) is 10.6. The molecule has 0 bridgehead atoms. The van der Waals surface area contributed by atoms with Crippen molar-refractivity contribution in [1.29, 1.82) is 0 Å². The van der Waals surface area contributed by atoms with E-state index in [1.807, 2.05) is 13.8 Å². The number of hydrogen-bond acceptors (Lipinski definition) is 13. The van der Waals surface area contributed by atoms with E-state index in [-0.39, 0.29) is 32.6 Å². The number of aromatic nitrogens is 4. The largest absolute Gasteiger partial charge is 0.493 e. The van der Waals surface area contributed by atoms with Gasteiger partial charge in [-0.1, -0.05) is 25.2 Å². The monoisotopic (exact) mass is 526 g/mol. The summed E-state index contributed by atoms with van der Waals surface area (Å²) in [6.45, 7) is 4.00. The van der Waals surface area contributed by atoms with Gasteiger partial charge in [-0.25, -0.2) is 19.6 Å². The first kappa shape index (κ1) is 25.6. The first-order valence-electron chi connectivity index (χ1n) is 10.9. The van der Waals surface area contributed by atoms with Crippen molar-refractivity contribution in [2.24, 2.45) is 0 Å². The number of fused-ring (bicyclic) bond motifs is 2. The Bertz CT molecular complexity index is 1590. The third-order valence-corrected chi connectivity index (χ3v) is 5.96. The number of benzene rings is 2. The predicted molar refractivity (Wildman–Crippen MR) is 136 cm³/mol. The Labute approximate surface area is 213 Å². The van der Waals surface area contributed by atoms with Crippen LogP contribution >= 0.6 is 11.3 Å². The van der Waals surface area contributed by atoms with Crippen LogP contribution in [-0.2, 0) is 0 Å². The topological polar surface area (TPSA) is 149 Å². The van der Waals surface area contributed by atoms with Crippen LogP contribution in [-0.4, -0.2) is 48.6 Å². The van der Waals surface area contributed by atoms with Crippen molar-refractivity contribution in [2.75, 3.05) is 28.4 Å². The molecule has 0 radical (unpaired) electrons. The summed E-state index contributed by atoms with van der Waals surface area (Å²) in [5, 5.41) is 8.85. The molecule has 0 saturated carbocycles. The van der Waals surface area contributed by atoms with E-state index >= 15 is 0 Å². The van der Waals surface area contributed by atoms with E-state index in [4.69, 9.17) is 27.8 Å². The van der Waals surface area contributed by atoms with Gasteiger partial charge in [0.05, 0.1) is 50.2 Å². The zero-order chi connectivity index (χ0) is 26.7. The van der Waals surface area contributed by atoms with E-state index in [2.05, 4.69) is 20.2 Å². The van der Waals surface area contributed by atoms with E-state index in [0.29, 0.717) is 34.0 Å². The Morgan fingerprint density at radius 2 is 0.973 bits per heavy atom. The van der Waals surface area contributed by atoms with Crippen molar-refractivity contribution in [2.45, 2.75) is 13.8 Å². The summed E-state index contributed by atoms with van der Waals surface area (Å²) in [6.07, 6.45) is 0. The van der Waals surface area contributed by atoms with Crippen LogP contribution in [0.4, 0.5) is 0 Å². The van der Waals surface area contributed by atoms with Crippen molar-refractivity contribution in [3.05, 3.63) is 45.1 Å². The Morgan fingerprint density at radius 1 is 0.622 bits per heavy atom. The maximum atomic E-state index is 12.6. The zero-order valence-electron chi connectivity index (χ0n) is 20.8. The standard InChI is InChI=1S/C22H16N4O8S.C2H6/c1-29-13-5-9-11(7-15(13)31-3)23-17(33-21(9)27)19-25-26-20(35-19)18-24-12-8-16(32-4)14(30-2)6-10(12)22(28)34-18;1-2/h5-8H,1-4H3;1-2H3. The number of nitrogens with zero attached hydrogens (tertiary/aromatic N) is 4. The van der Waals surface area contributed by atoms with Crippen LogP contribution in [0.1, 0.15) is 13.8 Å². The highest BCUT2D eigenvalue weighted by Crippen LogP contribution is 2.34. The van der Waals surface area contributed by atoms with Gasteiger partial charge >= 0.3 is 11.3 Å². The zero-order valence-corrected chi connectivity index (χ0v) is 21.6. The van der Waals surface area contributed by atoms with Crippen LogP contribution in [0.25, 0.3) is 43.6 Å². The van der Waals surface area contributed by atoms with Gasteiger partial charge in [0.15, 0.2) is 23.0 Å². The molecule has 37 heavy (non-hydrogen) atoms. The molecule has 0 aliphatic heterocycles. The Balaban J connectivity index is 0.00000156. The van der Waals surface area contributed by atoms with Gasteiger partial charge in [-0.3, -0.25) is 0 Å². The molecular weight excluding hydrogens is 504 g/mol. The summed E-state index contributed by atoms with van der Waals surface area (Å²) >= 11 is 0.984. The molecule has 5 aromatic rings. The fraction of sp³-hybridized carbons (Fsp3) is 0.250. The summed E-state index contributed by atoms with van der Waals surface area (Å²) in [5.74, 6) is 1.41. The summed E-state index contributed by atoms with van der Waals surface area (Å²) in [5.41, 5.74) is -0.637. The average Bonchev–Trinajstić information content (AvgIpc) is 3.43. The molecule has 2 aromatic carbocycles. The highest BCUT2D eigenvalue weighted by atomic mass is 32.1. The van der Waals surface area contributed by atoms with Gasteiger partial charge in [-0.2, -0.15) is 0 Å². The molecule has 0 saturated heterocycles. The molecule has 3 heterocycles. The van der Waals surface area contributed by atoms with Crippen molar-refractivity contribution in [3.8, 4) is 44.8 Å². The van der Waals surface area contributed by atoms with Crippen LogP contribution in [0.3, 0.4) is 0 Å². The molecule has 192 valence electrons. The molecule has 0 amide bonds. The van der Waals surface area contributed by atoms with E-state index in [1.54, 1.807) is 12.1 Å². The minimum atomic E-state index is -0.640. The molecule has 12 nitrogen and oxygen atoms in total. The Hall–Kier alpha value is -4.52. The smallest absolute Gasteiger partial charge is 0.347 e. The fourth-order valence-corrected chi connectivity index (χ4v) is 4.07. The molecule has 0 N–H and O–H groups in total.